The fourth-order valence-electron chi connectivity index (χ4n) is 1.51. The van der Waals surface area contributed by atoms with Gasteiger partial charge in [-0.2, -0.15) is 0 Å². The molecule has 15 heavy (non-hydrogen) atoms. The minimum Gasteiger partial charge on any atom is -0.494 e. The summed E-state index contributed by atoms with van der Waals surface area (Å²) in [5.74, 6) is 0.735. The molecule has 0 aliphatic rings. The monoisotopic (exact) mass is 285 g/mol. The van der Waals surface area contributed by atoms with Gasteiger partial charge in [0, 0.05) is 15.6 Å². The molecule has 1 aromatic heterocycles. The van der Waals surface area contributed by atoms with Crippen LogP contribution in [0.25, 0.3) is 10.9 Å². The van der Waals surface area contributed by atoms with Crippen molar-refractivity contribution in [1.82, 2.24) is 4.98 Å². The summed E-state index contributed by atoms with van der Waals surface area (Å²) in [6, 6.07) is 5.62. The van der Waals surface area contributed by atoms with Gasteiger partial charge in [0.15, 0.2) is 0 Å². The van der Waals surface area contributed by atoms with E-state index in [4.69, 9.17) is 16.3 Å². The summed E-state index contributed by atoms with van der Waals surface area (Å²) in [5.41, 5.74) is 1.67. The van der Waals surface area contributed by atoms with E-state index < -0.39 is 0 Å². The molecule has 4 heteroatoms. The van der Waals surface area contributed by atoms with Crippen LogP contribution in [-0.2, 0) is 0 Å². The van der Waals surface area contributed by atoms with Gasteiger partial charge < -0.3 is 4.74 Å². The molecule has 0 fully saturated rings. The molecule has 2 rings (SSSR count). The number of hydrogen-bond donors (Lipinski definition) is 0. The summed E-state index contributed by atoms with van der Waals surface area (Å²) in [6.45, 7) is 1.91. The van der Waals surface area contributed by atoms with E-state index in [1.54, 1.807) is 7.11 Å². The van der Waals surface area contributed by atoms with E-state index in [1.807, 2.05) is 25.1 Å². The van der Waals surface area contributed by atoms with Gasteiger partial charge in [-0.05, 0) is 25.1 Å². The van der Waals surface area contributed by atoms with Crippen molar-refractivity contribution >= 4 is 38.4 Å². The number of hydrogen-bond acceptors (Lipinski definition) is 2. The van der Waals surface area contributed by atoms with E-state index >= 15 is 0 Å². The summed E-state index contributed by atoms with van der Waals surface area (Å²) in [4.78, 5) is 4.43. The Labute approximate surface area is 101 Å². The summed E-state index contributed by atoms with van der Waals surface area (Å²) in [5, 5.41) is 1.57. The molecular weight excluding hydrogens is 277 g/mol. The van der Waals surface area contributed by atoms with E-state index in [-0.39, 0.29) is 0 Å². The SMILES string of the molecule is COc1ccc(Br)c2c(Cl)cc(C)nc12. The maximum absolute atomic E-state index is 6.17. The molecule has 0 bridgehead atoms. The van der Waals surface area contributed by atoms with Crippen molar-refractivity contribution in [3.63, 3.8) is 0 Å². The zero-order valence-electron chi connectivity index (χ0n) is 8.34. The number of methoxy groups -OCH3 is 1. The number of pyridine rings is 1. The molecule has 0 radical (unpaired) electrons. The Bertz CT molecular complexity index is 527. The smallest absolute Gasteiger partial charge is 0.145 e. The number of halogens is 2. The third-order valence-corrected chi connectivity index (χ3v) is 3.13. The van der Waals surface area contributed by atoms with Crippen molar-refractivity contribution in [2.24, 2.45) is 0 Å². The van der Waals surface area contributed by atoms with Crippen LogP contribution >= 0.6 is 27.5 Å². The van der Waals surface area contributed by atoms with Gasteiger partial charge in [-0.25, -0.2) is 4.98 Å². The molecule has 0 saturated carbocycles. The molecule has 0 amide bonds. The van der Waals surface area contributed by atoms with Crippen LogP contribution in [0, 0.1) is 6.92 Å². The summed E-state index contributed by atoms with van der Waals surface area (Å²) >= 11 is 9.63. The molecule has 2 nitrogen and oxygen atoms in total. The molecule has 0 atom stereocenters. The average molecular weight is 287 g/mol. The maximum Gasteiger partial charge on any atom is 0.145 e. The number of fused-ring (bicyclic) bond motifs is 1. The second-order valence-corrected chi connectivity index (χ2v) is 4.48. The molecule has 1 heterocycles. The highest BCUT2D eigenvalue weighted by atomic mass is 79.9. The van der Waals surface area contributed by atoms with E-state index in [0.29, 0.717) is 5.02 Å². The van der Waals surface area contributed by atoms with Crippen molar-refractivity contribution in [2.45, 2.75) is 6.92 Å². The molecule has 1 aromatic carbocycles. The van der Waals surface area contributed by atoms with Crippen molar-refractivity contribution < 1.29 is 4.74 Å². The molecule has 0 N–H and O–H groups in total. The number of aryl methyl sites for hydroxylation is 1. The Kier molecular flexibility index (Phi) is 2.85. The van der Waals surface area contributed by atoms with Gasteiger partial charge in [0.25, 0.3) is 0 Å². The lowest BCUT2D eigenvalue weighted by molar-refractivity contribution is 0.419. The minimum atomic E-state index is 0.684. The molecule has 0 saturated heterocycles. The van der Waals surface area contributed by atoms with Crippen molar-refractivity contribution in [3.05, 3.63) is 33.4 Å². The minimum absolute atomic E-state index is 0.684. The quantitative estimate of drug-likeness (QED) is 0.791. The zero-order chi connectivity index (χ0) is 11.0. The van der Waals surface area contributed by atoms with Crippen LogP contribution in [0.2, 0.25) is 5.02 Å². The summed E-state index contributed by atoms with van der Waals surface area (Å²) < 4.78 is 6.18. The van der Waals surface area contributed by atoms with Gasteiger partial charge in [0.05, 0.1) is 12.1 Å². The lowest BCUT2D eigenvalue weighted by Gasteiger charge is -2.08. The first-order chi connectivity index (χ1) is 7.13. The van der Waals surface area contributed by atoms with E-state index in [0.717, 1.165) is 26.8 Å². The Balaban J connectivity index is 2.93. The summed E-state index contributed by atoms with van der Waals surface area (Å²) in [7, 11) is 1.63. The number of nitrogens with zero attached hydrogens (tertiary/aromatic N) is 1. The molecule has 0 spiro atoms. The lowest BCUT2D eigenvalue weighted by Crippen LogP contribution is -1.91. The molecule has 0 unspecified atom stereocenters. The Hall–Kier alpha value is -0.800. The first kappa shape index (κ1) is 10.7. The highest BCUT2D eigenvalue weighted by Crippen LogP contribution is 2.35. The van der Waals surface area contributed by atoms with Crippen LogP contribution in [0.5, 0.6) is 5.75 Å². The standard InChI is InChI=1S/C11H9BrClNO/c1-6-5-8(13)10-7(12)3-4-9(15-2)11(10)14-6/h3-5H,1-2H3. The van der Waals surface area contributed by atoms with Crippen molar-refractivity contribution in [3.8, 4) is 5.75 Å². The predicted octanol–water partition coefficient (Wildman–Crippen LogP) is 3.97. The van der Waals surface area contributed by atoms with Crippen LogP contribution in [0.15, 0.2) is 22.7 Å². The Morgan fingerprint density at radius 1 is 1.40 bits per heavy atom. The first-order valence-electron chi connectivity index (χ1n) is 4.43. The fourth-order valence-corrected chi connectivity index (χ4v) is 2.51. The van der Waals surface area contributed by atoms with Gasteiger partial charge >= 0.3 is 0 Å². The number of benzene rings is 1. The second-order valence-electron chi connectivity index (χ2n) is 3.22. The third kappa shape index (κ3) is 1.82. The number of rotatable bonds is 1. The van der Waals surface area contributed by atoms with Gasteiger partial charge in [-0.3, -0.25) is 0 Å². The van der Waals surface area contributed by atoms with Crippen LogP contribution in [0.3, 0.4) is 0 Å². The van der Waals surface area contributed by atoms with Gasteiger partial charge in [-0.1, -0.05) is 27.5 Å². The Morgan fingerprint density at radius 2 is 2.13 bits per heavy atom. The van der Waals surface area contributed by atoms with Gasteiger partial charge in [-0.15, -0.1) is 0 Å². The van der Waals surface area contributed by atoms with Crippen LogP contribution in [-0.4, -0.2) is 12.1 Å². The largest absolute Gasteiger partial charge is 0.494 e. The van der Waals surface area contributed by atoms with Crippen LogP contribution in [0.1, 0.15) is 5.69 Å². The number of ether oxygens (including phenoxy) is 1. The number of aromatic nitrogens is 1. The fraction of sp³-hybridized carbons (Fsp3) is 0.182. The summed E-state index contributed by atoms with van der Waals surface area (Å²) in [6.07, 6.45) is 0. The maximum atomic E-state index is 6.17. The average Bonchev–Trinajstić information content (AvgIpc) is 2.17. The van der Waals surface area contributed by atoms with Crippen molar-refractivity contribution in [1.29, 1.82) is 0 Å². The topological polar surface area (TPSA) is 22.1 Å². The first-order valence-corrected chi connectivity index (χ1v) is 5.60. The highest BCUT2D eigenvalue weighted by molar-refractivity contribution is 9.10. The van der Waals surface area contributed by atoms with Crippen molar-refractivity contribution in [2.75, 3.05) is 7.11 Å². The van der Waals surface area contributed by atoms with Crippen LogP contribution < -0.4 is 4.74 Å². The van der Waals surface area contributed by atoms with E-state index in [9.17, 15) is 0 Å². The third-order valence-electron chi connectivity index (χ3n) is 2.17. The zero-order valence-corrected chi connectivity index (χ0v) is 10.7. The molecular formula is C11H9BrClNO. The molecule has 2 aromatic rings. The normalized spacial score (nSPS) is 10.7. The molecule has 0 aliphatic heterocycles. The molecule has 78 valence electrons. The lowest BCUT2D eigenvalue weighted by atomic mass is 10.2. The predicted molar refractivity (Wildman–Crippen MR) is 65.7 cm³/mol. The van der Waals surface area contributed by atoms with Crippen LogP contribution in [0.4, 0.5) is 0 Å². The highest BCUT2D eigenvalue weighted by Gasteiger charge is 2.10. The van der Waals surface area contributed by atoms with E-state index in [2.05, 4.69) is 20.9 Å². The Morgan fingerprint density at radius 3 is 2.80 bits per heavy atom. The second kappa shape index (κ2) is 3.99. The van der Waals surface area contributed by atoms with E-state index in [1.165, 1.54) is 0 Å². The van der Waals surface area contributed by atoms with Gasteiger partial charge in [0.2, 0.25) is 0 Å². The molecule has 0 aliphatic carbocycles. The van der Waals surface area contributed by atoms with Gasteiger partial charge in [0.1, 0.15) is 11.3 Å².